The summed E-state index contributed by atoms with van der Waals surface area (Å²) in [7, 11) is 0. The first-order valence-electron chi connectivity index (χ1n) is 7.35. The summed E-state index contributed by atoms with van der Waals surface area (Å²) in [6, 6.07) is 2.94. The highest BCUT2D eigenvalue weighted by Gasteiger charge is 2.34. The van der Waals surface area contributed by atoms with E-state index >= 15 is 0 Å². The summed E-state index contributed by atoms with van der Waals surface area (Å²) in [4.78, 5) is 35.4. The van der Waals surface area contributed by atoms with Crippen molar-refractivity contribution in [1.29, 1.82) is 0 Å². The van der Waals surface area contributed by atoms with Crippen molar-refractivity contribution in [1.82, 2.24) is 4.90 Å². The molecule has 0 aromatic heterocycles. The summed E-state index contributed by atoms with van der Waals surface area (Å²) in [6.45, 7) is 3.91. The second-order valence-corrected chi connectivity index (χ2v) is 5.87. The lowest BCUT2D eigenvalue weighted by atomic mass is 9.93. The first kappa shape index (κ1) is 16.7. The third-order valence-corrected chi connectivity index (χ3v) is 4.07. The molecule has 2 N–H and O–H groups in total. The molecule has 1 heterocycles. The minimum atomic E-state index is -1.04. The number of aliphatic carboxylic acids is 1. The molecule has 1 aromatic rings. The predicted octanol–water partition coefficient (Wildman–Crippen LogP) is 2.62. The standard InChI is InChI=1S/C15H19N3O5/c1-9-5-6-17(13(7-9)14(19)20)15(21)16-11-4-3-10(2)12(8-11)18(22)23/h3-4,8-9,13H,5-7H2,1-2H3,(H,16,21)(H,19,20). The van der Waals surface area contributed by atoms with Crippen LogP contribution in [0, 0.1) is 23.0 Å². The van der Waals surface area contributed by atoms with E-state index in [1.165, 1.54) is 11.0 Å². The van der Waals surface area contributed by atoms with Crippen LogP contribution < -0.4 is 5.32 Å². The third-order valence-electron chi connectivity index (χ3n) is 4.07. The van der Waals surface area contributed by atoms with Gasteiger partial charge in [0.2, 0.25) is 0 Å². The maximum Gasteiger partial charge on any atom is 0.326 e. The maximum atomic E-state index is 12.3. The molecular weight excluding hydrogens is 302 g/mol. The Morgan fingerprint density at radius 1 is 1.43 bits per heavy atom. The van der Waals surface area contributed by atoms with Crippen LogP contribution in [0.5, 0.6) is 0 Å². The number of piperidine rings is 1. The summed E-state index contributed by atoms with van der Waals surface area (Å²) in [5.41, 5.74) is 0.670. The van der Waals surface area contributed by atoms with Crippen LogP contribution >= 0.6 is 0 Å². The molecule has 8 nitrogen and oxygen atoms in total. The molecule has 8 heteroatoms. The molecule has 0 aliphatic carbocycles. The van der Waals surface area contributed by atoms with Crippen LogP contribution in [-0.2, 0) is 4.79 Å². The molecule has 1 aliphatic heterocycles. The summed E-state index contributed by atoms with van der Waals surface area (Å²) >= 11 is 0. The molecule has 1 fully saturated rings. The Kier molecular flexibility index (Phi) is 4.83. The molecule has 2 amide bonds. The molecule has 0 radical (unpaired) electrons. The first-order chi connectivity index (χ1) is 10.8. The molecule has 0 bridgehead atoms. The maximum absolute atomic E-state index is 12.3. The third kappa shape index (κ3) is 3.77. The number of benzene rings is 1. The minimum absolute atomic E-state index is 0.0927. The van der Waals surface area contributed by atoms with Crippen molar-refractivity contribution in [2.24, 2.45) is 5.92 Å². The lowest BCUT2D eigenvalue weighted by molar-refractivity contribution is -0.385. The van der Waals surface area contributed by atoms with Crippen LogP contribution in [0.25, 0.3) is 0 Å². The van der Waals surface area contributed by atoms with Crippen molar-refractivity contribution in [3.8, 4) is 0 Å². The van der Waals surface area contributed by atoms with Gasteiger partial charge in [-0.05, 0) is 31.7 Å². The van der Waals surface area contributed by atoms with Crippen molar-refractivity contribution in [3.63, 3.8) is 0 Å². The van der Waals surface area contributed by atoms with Crippen LogP contribution in [-0.4, -0.2) is 39.5 Å². The lowest BCUT2D eigenvalue weighted by Crippen LogP contribution is -2.51. The number of likely N-dealkylation sites (tertiary alicyclic amines) is 1. The van der Waals surface area contributed by atoms with Gasteiger partial charge in [0.25, 0.3) is 5.69 Å². The predicted molar refractivity (Wildman–Crippen MR) is 83.4 cm³/mol. The Morgan fingerprint density at radius 3 is 2.74 bits per heavy atom. The Hall–Kier alpha value is -2.64. The van der Waals surface area contributed by atoms with Gasteiger partial charge in [0.05, 0.1) is 4.92 Å². The van der Waals surface area contributed by atoms with Gasteiger partial charge in [-0.25, -0.2) is 9.59 Å². The number of nitro groups is 1. The average Bonchev–Trinajstić information content (AvgIpc) is 2.48. The highest BCUT2D eigenvalue weighted by atomic mass is 16.6. The SMILES string of the molecule is Cc1ccc(NC(=O)N2CCC(C)CC2C(=O)O)cc1[N+](=O)[O-]. The van der Waals surface area contributed by atoms with Crippen molar-refractivity contribution in [2.75, 3.05) is 11.9 Å². The van der Waals surface area contributed by atoms with E-state index < -0.39 is 23.0 Å². The van der Waals surface area contributed by atoms with Crippen molar-refractivity contribution in [3.05, 3.63) is 33.9 Å². The number of urea groups is 1. The molecule has 1 aromatic carbocycles. The Morgan fingerprint density at radius 2 is 2.13 bits per heavy atom. The number of amides is 2. The number of carbonyl (C=O) groups is 2. The number of anilines is 1. The number of carbonyl (C=O) groups excluding carboxylic acids is 1. The summed E-state index contributed by atoms with van der Waals surface area (Å²) < 4.78 is 0. The summed E-state index contributed by atoms with van der Waals surface area (Å²) in [6.07, 6.45) is 1.13. The number of carboxylic acids is 1. The number of nitro benzene ring substituents is 1. The minimum Gasteiger partial charge on any atom is -0.480 e. The van der Waals surface area contributed by atoms with Crippen LogP contribution in [0.2, 0.25) is 0 Å². The van der Waals surface area contributed by atoms with Gasteiger partial charge in [-0.15, -0.1) is 0 Å². The van der Waals surface area contributed by atoms with Crippen LogP contribution in [0.1, 0.15) is 25.3 Å². The van der Waals surface area contributed by atoms with Crippen LogP contribution in [0.15, 0.2) is 18.2 Å². The number of nitrogens with zero attached hydrogens (tertiary/aromatic N) is 2. The topological polar surface area (TPSA) is 113 Å². The fraction of sp³-hybridized carbons (Fsp3) is 0.467. The summed E-state index contributed by atoms with van der Waals surface area (Å²) in [5.74, 6) is -0.804. The molecule has 23 heavy (non-hydrogen) atoms. The van der Waals surface area contributed by atoms with Gasteiger partial charge in [0.1, 0.15) is 6.04 Å². The van der Waals surface area contributed by atoms with E-state index in [0.29, 0.717) is 18.5 Å². The normalized spacial score (nSPS) is 20.9. The van der Waals surface area contributed by atoms with Gasteiger partial charge >= 0.3 is 12.0 Å². The smallest absolute Gasteiger partial charge is 0.326 e. The van der Waals surface area contributed by atoms with Gasteiger partial charge in [-0.3, -0.25) is 10.1 Å². The van der Waals surface area contributed by atoms with Crippen molar-refractivity contribution >= 4 is 23.4 Å². The number of carboxylic acid groups (broad SMARTS) is 1. The quantitative estimate of drug-likeness (QED) is 0.656. The van der Waals surface area contributed by atoms with Crippen LogP contribution in [0.3, 0.4) is 0 Å². The first-order valence-corrected chi connectivity index (χ1v) is 7.35. The molecular formula is C15H19N3O5. The lowest BCUT2D eigenvalue weighted by Gasteiger charge is -2.35. The van der Waals surface area contributed by atoms with Gasteiger partial charge in [0.15, 0.2) is 0 Å². The highest BCUT2D eigenvalue weighted by molar-refractivity contribution is 5.92. The zero-order valence-electron chi connectivity index (χ0n) is 13.0. The average molecular weight is 321 g/mol. The second kappa shape index (κ2) is 6.64. The molecule has 2 unspecified atom stereocenters. The zero-order chi connectivity index (χ0) is 17.1. The Labute approximate surface area is 133 Å². The Balaban J connectivity index is 2.16. The van der Waals surface area contributed by atoms with E-state index in [0.717, 1.165) is 6.42 Å². The van der Waals surface area contributed by atoms with Gasteiger partial charge in [0, 0.05) is 23.9 Å². The number of rotatable bonds is 3. The summed E-state index contributed by atoms with van der Waals surface area (Å²) in [5, 5.41) is 22.8. The molecule has 0 spiro atoms. The fourth-order valence-corrected chi connectivity index (χ4v) is 2.70. The molecule has 1 saturated heterocycles. The Bertz CT molecular complexity index is 646. The zero-order valence-corrected chi connectivity index (χ0v) is 13.0. The van der Waals surface area contributed by atoms with Gasteiger partial charge < -0.3 is 15.3 Å². The van der Waals surface area contributed by atoms with Crippen molar-refractivity contribution < 1.29 is 19.6 Å². The fourth-order valence-electron chi connectivity index (χ4n) is 2.70. The van der Waals surface area contributed by atoms with E-state index in [9.17, 15) is 24.8 Å². The monoisotopic (exact) mass is 321 g/mol. The number of nitrogens with one attached hydrogen (secondary N) is 1. The number of hydrogen-bond donors (Lipinski definition) is 2. The molecule has 2 atom stereocenters. The molecule has 1 aliphatic rings. The number of hydrogen-bond acceptors (Lipinski definition) is 4. The second-order valence-electron chi connectivity index (χ2n) is 5.87. The largest absolute Gasteiger partial charge is 0.480 e. The van der Waals surface area contributed by atoms with Crippen LogP contribution in [0.4, 0.5) is 16.2 Å². The van der Waals surface area contributed by atoms with Gasteiger partial charge in [-0.2, -0.15) is 0 Å². The van der Waals surface area contributed by atoms with E-state index in [4.69, 9.17) is 0 Å². The van der Waals surface area contributed by atoms with E-state index in [2.05, 4.69) is 5.32 Å². The van der Waals surface area contributed by atoms with Gasteiger partial charge in [-0.1, -0.05) is 13.0 Å². The highest BCUT2D eigenvalue weighted by Crippen LogP contribution is 2.25. The van der Waals surface area contributed by atoms with E-state index in [-0.39, 0.29) is 17.3 Å². The van der Waals surface area contributed by atoms with E-state index in [1.54, 1.807) is 19.1 Å². The molecule has 0 saturated carbocycles. The van der Waals surface area contributed by atoms with E-state index in [1.807, 2.05) is 6.92 Å². The number of aryl methyl sites for hydroxylation is 1. The molecule has 2 rings (SSSR count). The molecule has 124 valence electrons. The van der Waals surface area contributed by atoms with Crippen molar-refractivity contribution in [2.45, 2.75) is 32.7 Å².